The van der Waals surface area contributed by atoms with Gasteiger partial charge < -0.3 is 10.1 Å². The van der Waals surface area contributed by atoms with Crippen LogP contribution >= 0.6 is 0 Å². The van der Waals surface area contributed by atoms with Crippen LogP contribution in [0.2, 0.25) is 0 Å². The first-order valence-electron chi connectivity index (χ1n) is 7.16. The van der Waals surface area contributed by atoms with Crippen molar-refractivity contribution in [1.29, 1.82) is 0 Å². The fourth-order valence-corrected chi connectivity index (χ4v) is 2.00. The minimum Gasteiger partial charge on any atom is -0.493 e. The summed E-state index contributed by atoms with van der Waals surface area (Å²) in [7, 11) is 0. The van der Waals surface area contributed by atoms with Gasteiger partial charge in [-0.15, -0.1) is 0 Å². The molecule has 2 heteroatoms. The smallest absolute Gasteiger partial charge is 0.124 e. The third kappa shape index (κ3) is 4.30. The van der Waals surface area contributed by atoms with Crippen LogP contribution in [0.4, 0.5) is 5.69 Å². The quantitative estimate of drug-likeness (QED) is 0.824. The Labute approximate surface area is 121 Å². The fraction of sp³-hybridized carbons (Fsp3) is 0.333. The third-order valence-electron chi connectivity index (χ3n) is 3.05. The number of anilines is 1. The first-order valence-corrected chi connectivity index (χ1v) is 7.16. The van der Waals surface area contributed by atoms with E-state index < -0.39 is 0 Å². The van der Waals surface area contributed by atoms with E-state index in [9.17, 15) is 0 Å². The molecule has 0 heterocycles. The molecule has 0 aromatic heterocycles. The highest BCUT2D eigenvalue weighted by molar-refractivity contribution is 5.47. The van der Waals surface area contributed by atoms with E-state index in [0.29, 0.717) is 5.92 Å². The van der Waals surface area contributed by atoms with Gasteiger partial charge in [0.15, 0.2) is 0 Å². The van der Waals surface area contributed by atoms with Gasteiger partial charge in [0.1, 0.15) is 5.75 Å². The van der Waals surface area contributed by atoms with Gasteiger partial charge in [-0.25, -0.2) is 0 Å². The van der Waals surface area contributed by atoms with Crippen LogP contribution in [-0.2, 0) is 6.54 Å². The Balaban J connectivity index is 2.02. The number of benzene rings is 2. The number of hydrogen-bond donors (Lipinski definition) is 1. The van der Waals surface area contributed by atoms with Crippen LogP contribution in [0.15, 0.2) is 48.5 Å². The van der Waals surface area contributed by atoms with Gasteiger partial charge in [0.2, 0.25) is 0 Å². The van der Waals surface area contributed by atoms with Crippen LogP contribution in [0, 0.1) is 12.8 Å². The van der Waals surface area contributed by atoms with Crippen LogP contribution in [0.3, 0.4) is 0 Å². The number of rotatable bonds is 6. The molecule has 2 rings (SSSR count). The summed E-state index contributed by atoms with van der Waals surface area (Å²) in [6.07, 6.45) is 0. The predicted molar refractivity (Wildman–Crippen MR) is 85.3 cm³/mol. The Bertz CT molecular complexity index is 549. The van der Waals surface area contributed by atoms with Crippen molar-refractivity contribution in [2.24, 2.45) is 5.92 Å². The van der Waals surface area contributed by atoms with Gasteiger partial charge in [0.05, 0.1) is 6.61 Å². The Hall–Kier alpha value is -1.96. The fourth-order valence-electron chi connectivity index (χ4n) is 2.00. The van der Waals surface area contributed by atoms with Gasteiger partial charge in [-0.3, -0.25) is 0 Å². The number of para-hydroxylation sites is 1. The summed E-state index contributed by atoms with van der Waals surface area (Å²) in [5, 5.41) is 3.45. The standard InChI is InChI=1S/C18H23NO/c1-14(2)13-20-18-10-5-4-8-16(18)12-19-17-9-6-7-15(3)11-17/h4-11,14,19H,12-13H2,1-3H3. The summed E-state index contributed by atoms with van der Waals surface area (Å²) in [5.41, 5.74) is 3.60. The molecule has 0 radical (unpaired) electrons. The van der Waals surface area contributed by atoms with Crippen LogP contribution in [0.25, 0.3) is 0 Å². The van der Waals surface area contributed by atoms with Crippen LogP contribution in [-0.4, -0.2) is 6.61 Å². The highest BCUT2D eigenvalue weighted by Gasteiger charge is 2.04. The minimum atomic E-state index is 0.535. The molecule has 2 aromatic rings. The first kappa shape index (κ1) is 14.4. The lowest BCUT2D eigenvalue weighted by molar-refractivity contribution is 0.269. The number of hydrogen-bond acceptors (Lipinski definition) is 2. The minimum absolute atomic E-state index is 0.535. The number of aryl methyl sites for hydroxylation is 1. The Morgan fingerprint density at radius 1 is 1.05 bits per heavy atom. The van der Waals surface area contributed by atoms with Crippen molar-refractivity contribution in [3.8, 4) is 5.75 Å². The highest BCUT2D eigenvalue weighted by Crippen LogP contribution is 2.20. The summed E-state index contributed by atoms with van der Waals surface area (Å²) < 4.78 is 5.87. The molecule has 106 valence electrons. The molecule has 0 amide bonds. The first-order chi connectivity index (χ1) is 9.65. The molecular weight excluding hydrogens is 246 g/mol. The van der Waals surface area contributed by atoms with Gasteiger partial charge in [-0.05, 0) is 36.6 Å². The molecule has 0 bridgehead atoms. The number of ether oxygens (including phenoxy) is 1. The number of nitrogens with one attached hydrogen (secondary N) is 1. The van der Waals surface area contributed by atoms with Crippen molar-refractivity contribution in [2.75, 3.05) is 11.9 Å². The zero-order chi connectivity index (χ0) is 14.4. The Morgan fingerprint density at radius 3 is 2.60 bits per heavy atom. The molecule has 0 atom stereocenters. The van der Waals surface area contributed by atoms with Gasteiger partial charge in [0, 0.05) is 17.8 Å². The maximum atomic E-state index is 5.87. The Kier molecular flexibility index (Phi) is 5.05. The van der Waals surface area contributed by atoms with Crippen molar-refractivity contribution in [3.05, 3.63) is 59.7 Å². The van der Waals surface area contributed by atoms with Gasteiger partial charge in [-0.2, -0.15) is 0 Å². The monoisotopic (exact) mass is 269 g/mol. The lowest BCUT2D eigenvalue weighted by Crippen LogP contribution is -2.08. The van der Waals surface area contributed by atoms with E-state index in [4.69, 9.17) is 4.74 Å². The van der Waals surface area contributed by atoms with E-state index in [2.05, 4.69) is 62.5 Å². The maximum Gasteiger partial charge on any atom is 0.124 e. The molecule has 0 aliphatic heterocycles. The molecule has 2 nitrogen and oxygen atoms in total. The molecule has 20 heavy (non-hydrogen) atoms. The summed E-state index contributed by atoms with van der Waals surface area (Å²) in [4.78, 5) is 0. The zero-order valence-electron chi connectivity index (χ0n) is 12.5. The molecule has 0 spiro atoms. The van der Waals surface area contributed by atoms with E-state index in [0.717, 1.165) is 24.6 Å². The Morgan fingerprint density at radius 2 is 1.85 bits per heavy atom. The topological polar surface area (TPSA) is 21.3 Å². The summed E-state index contributed by atoms with van der Waals surface area (Å²) in [6.45, 7) is 7.95. The molecule has 0 fully saturated rings. The molecule has 0 aliphatic carbocycles. The lowest BCUT2D eigenvalue weighted by Gasteiger charge is -2.14. The lowest BCUT2D eigenvalue weighted by atomic mass is 10.1. The van der Waals surface area contributed by atoms with Crippen molar-refractivity contribution < 1.29 is 4.74 Å². The van der Waals surface area contributed by atoms with Crippen LogP contribution < -0.4 is 10.1 Å². The second kappa shape index (κ2) is 6.99. The third-order valence-corrected chi connectivity index (χ3v) is 3.05. The predicted octanol–water partition coefficient (Wildman–Crippen LogP) is 4.64. The molecule has 1 N–H and O–H groups in total. The summed E-state index contributed by atoms with van der Waals surface area (Å²) >= 11 is 0. The summed E-state index contributed by atoms with van der Waals surface area (Å²) in [6, 6.07) is 16.6. The molecule has 0 saturated heterocycles. The molecule has 0 saturated carbocycles. The van der Waals surface area contributed by atoms with Gasteiger partial charge >= 0.3 is 0 Å². The SMILES string of the molecule is Cc1cccc(NCc2ccccc2OCC(C)C)c1. The summed E-state index contributed by atoms with van der Waals surface area (Å²) in [5.74, 6) is 1.51. The molecule has 0 aliphatic rings. The van der Waals surface area contributed by atoms with Crippen molar-refractivity contribution >= 4 is 5.69 Å². The van der Waals surface area contributed by atoms with Crippen LogP contribution in [0.5, 0.6) is 5.75 Å². The van der Waals surface area contributed by atoms with E-state index in [1.54, 1.807) is 0 Å². The molecule has 0 unspecified atom stereocenters. The van der Waals surface area contributed by atoms with Crippen molar-refractivity contribution in [2.45, 2.75) is 27.3 Å². The van der Waals surface area contributed by atoms with Gasteiger partial charge in [0.25, 0.3) is 0 Å². The normalized spacial score (nSPS) is 10.6. The molecule has 2 aromatic carbocycles. The average molecular weight is 269 g/mol. The average Bonchev–Trinajstić information content (AvgIpc) is 2.44. The second-order valence-electron chi connectivity index (χ2n) is 5.54. The van der Waals surface area contributed by atoms with E-state index in [1.807, 2.05) is 12.1 Å². The van der Waals surface area contributed by atoms with Crippen molar-refractivity contribution in [3.63, 3.8) is 0 Å². The zero-order valence-corrected chi connectivity index (χ0v) is 12.5. The highest BCUT2D eigenvalue weighted by atomic mass is 16.5. The molecular formula is C18H23NO. The largest absolute Gasteiger partial charge is 0.493 e. The van der Waals surface area contributed by atoms with E-state index in [1.165, 1.54) is 11.1 Å². The van der Waals surface area contributed by atoms with Crippen molar-refractivity contribution in [1.82, 2.24) is 0 Å². The van der Waals surface area contributed by atoms with E-state index in [-0.39, 0.29) is 0 Å². The van der Waals surface area contributed by atoms with Crippen LogP contribution in [0.1, 0.15) is 25.0 Å². The van der Waals surface area contributed by atoms with E-state index >= 15 is 0 Å². The van der Waals surface area contributed by atoms with Gasteiger partial charge in [-0.1, -0.05) is 44.2 Å². The second-order valence-corrected chi connectivity index (χ2v) is 5.54. The maximum absolute atomic E-state index is 5.87.